The molecule has 0 fully saturated rings. The van der Waals surface area contributed by atoms with Crippen LogP contribution in [0.2, 0.25) is 10.0 Å². The molecule has 128 valence electrons. The molecule has 0 saturated carbocycles. The van der Waals surface area contributed by atoms with E-state index in [-0.39, 0.29) is 5.91 Å². The summed E-state index contributed by atoms with van der Waals surface area (Å²) >= 11 is 13.5. The highest BCUT2D eigenvalue weighted by Crippen LogP contribution is 2.24. The quantitative estimate of drug-likeness (QED) is 0.585. The van der Waals surface area contributed by atoms with Gasteiger partial charge in [-0.05, 0) is 40.1 Å². The average Bonchev–Trinajstić information content (AvgIpc) is 2.61. The smallest absolute Gasteiger partial charge is 0.230 e. The van der Waals surface area contributed by atoms with Gasteiger partial charge in [0.2, 0.25) is 5.91 Å². The van der Waals surface area contributed by atoms with Crippen molar-refractivity contribution in [1.82, 2.24) is 5.32 Å². The molecule has 2 nitrogen and oxygen atoms in total. The van der Waals surface area contributed by atoms with E-state index < -0.39 is 0 Å². The second kappa shape index (κ2) is 8.61. The lowest BCUT2D eigenvalue weighted by Gasteiger charge is -2.07. The Labute approximate surface area is 161 Å². The topological polar surface area (TPSA) is 29.1 Å². The molecule has 0 saturated heterocycles. The van der Waals surface area contributed by atoms with E-state index in [0.717, 1.165) is 11.1 Å². The minimum absolute atomic E-state index is 0.0169. The standard InChI is InChI=1S/C20H17Cl2NOS/c21-18-8-7-17(19(22)10-18)12-25-13-20(24)23-11-14-5-6-15-3-1-2-4-16(15)9-14/h1-10H,11-13H2,(H,23,24). The van der Waals surface area contributed by atoms with E-state index in [4.69, 9.17) is 23.2 Å². The second-order valence-corrected chi connectivity index (χ2v) is 7.52. The number of hydrogen-bond acceptors (Lipinski definition) is 2. The summed E-state index contributed by atoms with van der Waals surface area (Å²) in [6.07, 6.45) is 0. The van der Waals surface area contributed by atoms with Gasteiger partial charge < -0.3 is 5.32 Å². The second-order valence-electron chi connectivity index (χ2n) is 5.69. The van der Waals surface area contributed by atoms with Gasteiger partial charge >= 0.3 is 0 Å². The van der Waals surface area contributed by atoms with Crippen LogP contribution in [0.4, 0.5) is 0 Å². The monoisotopic (exact) mass is 389 g/mol. The highest BCUT2D eigenvalue weighted by atomic mass is 35.5. The summed E-state index contributed by atoms with van der Waals surface area (Å²) in [7, 11) is 0. The van der Waals surface area contributed by atoms with Crippen LogP contribution in [0.5, 0.6) is 0 Å². The number of nitrogens with one attached hydrogen (secondary N) is 1. The first kappa shape index (κ1) is 18.1. The van der Waals surface area contributed by atoms with Gasteiger partial charge in [0, 0.05) is 22.3 Å². The fourth-order valence-corrected chi connectivity index (χ4v) is 3.91. The van der Waals surface area contributed by atoms with Gasteiger partial charge in [0.15, 0.2) is 0 Å². The molecule has 25 heavy (non-hydrogen) atoms. The van der Waals surface area contributed by atoms with Gasteiger partial charge in [0.1, 0.15) is 0 Å². The third-order valence-corrected chi connectivity index (χ3v) is 5.38. The number of thioether (sulfide) groups is 1. The molecule has 0 aliphatic heterocycles. The normalized spacial score (nSPS) is 10.8. The fourth-order valence-electron chi connectivity index (χ4n) is 2.49. The lowest BCUT2D eigenvalue weighted by Crippen LogP contribution is -2.24. The largest absolute Gasteiger partial charge is 0.351 e. The van der Waals surface area contributed by atoms with Crippen molar-refractivity contribution in [3.8, 4) is 0 Å². The van der Waals surface area contributed by atoms with Gasteiger partial charge in [-0.25, -0.2) is 0 Å². The van der Waals surface area contributed by atoms with Gasteiger partial charge in [0.25, 0.3) is 0 Å². The molecule has 3 rings (SSSR count). The Hall–Kier alpha value is -1.68. The zero-order valence-corrected chi connectivity index (χ0v) is 15.8. The molecule has 1 amide bonds. The van der Waals surface area contributed by atoms with Crippen LogP contribution >= 0.6 is 35.0 Å². The summed E-state index contributed by atoms with van der Waals surface area (Å²) in [4.78, 5) is 12.0. The fraction of sp³-hybridized carbons (Fsp3) is 0.150. The SMILES string of the molecule is O=C(CSCc1ccc(Cl)cc1Cl)NCc1ccc2ccccc2c1. The van der Waals surface area contributed by atoms with Gasteiger partial charge in [-0.2, -0.15) is 0 Å². The number of halogens is 2. The number of fused-ring (bicyclic) bond motifs is 1. The molecule has 0 heterocycles. The number of carbonyl (C=O) groups excluding carboxylic acids is 1. The van der Waals surface area contributed by atoms with Gasteiger partial charge in [-0.15, -0.1) is 11.8 Å². The van der Waals surface area contributed by atoms with Crippen LogP contribution in [0.15, 0.2) is 60.7 Å². The Balaban J connectivity index is 1.47. The van der Waals surface area contributed by atoms with Crippen LogP contribution in [-0.2, 0) is 17.1 Å². The molecule has 5 heteroatoms. The van der Waals surface area contributed by atoms with E-state index in [2.05, 4.69) is 29.6 Å². The van der Waals surface area contributed by atoms with E-state index in [1.807, 2.05) is 30.3 Å². The molecule has 0 bridgehead atoms. The Kier molecular flexibility index (Phi) is 6.24. The Bertz CT molecular complexity index is 898. The molecule has 0 unspecified atom stereocenters. The van der Waals surface area contributed by atoms with Crippen LogP contribution < -0.4 is 5.32 Å². The Morgan fingerprint density at radius 1 is 0.960 bits per heavy atom. The van der Waals surface area contributed by atoms with E-state index in [9.17, 15) is 4.79 Å². The van der Waals surface area contributed by atoms with E-state index in [1.54, 1.807) is 6.07 Å². The summed E-state index contributed by atoms with van der Waals surface area (Å²) in [5, 5.41) is 6.60. The maximum absolute atomic E-state index is 12.0. The molecular weight excluding hydrogens is 373 g/mol. The minimum Gasteiger partial charge on any atom is -0.351 e. The highest BCUT2D eigenvalue weighted by molar-refractivity contribution is 7.99. The van der Waals surface area contributed by atoms with Crippen LogP contribution in [-0.4, -0.2) is 11.7 Å². The van der Waals surface area contributed by atoms with Crippen molar-refractivity contribution in [2.75, 3.05) is 5.75 Å². The average molecular weight is 390 g/mol. The van der Waals surface area contributed by atoms with Crippen LogP contribution in [0.3, 0.4) is 0 Å². The molecule has 1 N–H and O–H groups in total. The maximum atomic E-state index is 12.0. The predicted molar refractivity (Wildman–Crippen MR) is 108 cm³/mol. The number of hydrogen-bond donors (Lipinski definition) is 1. The molecule has 0 aromatic heterocycles. The zero-order chi connectivity index (χ0) is 17.6. The molecular formula is C20H17Cl2NOS. The van der Waals surface area contributed by atoms with Gasteiger partial charge in [0.05, 0.1) is 5.75 Å². The summed E-state index contributed by atoms with van der Waals surface area (Å²) in [6, 6.07) is 19.8. The van der Waals surface area contributed by atoms with E-state index >= 15 is 0 Å². The number of carbonyl (C=O) groups is 1. The van der Waals surface area contributed by atoms with Crippen molar-refractivity contribution in [2.45, 2.75) is 12.3 Å². The van der Waals surface area contributed by atoms with E-state index in [1.165, 1.54) is 22.5 Å². The predicted octanol–water partition coefficient (Wildman–Crippen LogP) is 5.70. The van der Waals surface area contributed by atoms with Crippen molar-refractivity contribution >= 4 is 51.6 Å². The molecule has 0 radical (unpaired) electrons. The Morgan fingerprint density at radius 2 is 1.76 bits per heavy atom. The van der Waals surface area contributed by atoms with Crippen LogP contribution in [0.1, 0.15) is 11.1 Å². The minimum atomic E-state index is 0.0169. The number of amides is 1. The Morgan fingerprint density at radius 3 is 2.56 bits per heavy atom. The third kappa shape index (κ3) is 5.15. The van der Waals surface area contributed by atoms with Crippen molar-refractivity contribution in [1.29, 1.82) is 0 Å². The molecule has 3 aromatic rings. The number of benzene rings is 3. The van der Waals surface area contributed by atoms with Crippen LogP contribution in [0, 0.1) is 0 Å². The van der Waals surface area contributed by atoms with Crippen molar-refractivity contribution in [3.05, 3.63) is 81.8 Å². The van der Waals surface area contributed by atoms with Crippen LogP contribution in [0.25, 0.3) is 10.8 Å². The molecule has 3 aromatic carbocycles. The first-order valence-electron chi connectivity index (χ1n) is 7.88. The van der Waals surface area contributed by atoms with Gasteiger partial charge in [-0.3, -0.25) is 4.79 Å². The summed E-state index contributed by atoms with van der Waals surface area (Å²) in [5.74, 6) is 1.09. The molecule has 0 spiro atoms. The van der Waals surface area contributed by atoms with E-state index in [0.29, 0.717) is 28.1 Å². The lowest BCUT2D eigenvalue weighted by atomic mass is 10.1. The highest BCUT2D eigenvalue weighted by Gasteiger charge is 2.05. The summed E-state index contributed by atoms with van der Waals surface area (Å²) < 4.78 is 0. The molecule has 0 aliphatic rings. The van der Waals surface area contributed by atoms with Gasteiger partial charge in [-0.1, -0.05) is 65.7 Å². The van der Waals surface area contributed by atoms with Crippen molar-refractivity contribution in [3.63, 3.8) is 0 Å². The third-order valence-electron chi connectivity index (χ3n) is 3.81. The summed E-state index contributed by atoms with van der Waals surface area (Å²) in [5.41, 5.74) is 2.08. The molecule has 0 aliphatic carbocycles. The molecule has 0 atom stereocenters. The first-order valence-corrected chi connectivity index (χ1v) is 9.79. The maximum Gasteiger partial charge on any atom is 0.230 e. The van der Waals surface area contributed by atoms with Crippen molar-refractivity contribution < 1.29 is 4.79 Å². The first-order chi connectivity index (χ1) is 12.1. The lowest BCUT2D eigenvalue weighted by molar-refractivity contribution is -0.118. The van der Waals surface area contributed by atoms with Crippen molar-refractivity contribution in [2.24, 2.45) is 0 Å². The number of rotatable bonds is 6. The zero-order valence-electron chi connectivity index (χ0n) is 13.5. The summed E-state index contributed by atoms with van der Waals surface area (Å²) in [6.45, 7) is 0.534.